The first-order chi connectivity index (χ1) is 9.16. The van der Waals surface area contributed by atoms with Crippen LogP contribution in [0.1, 0.15) is 65.5 Å². The van der Waals surface area contributed by atoms with Gasteiger partial charge in [0.15, 0.2) is 0 Å². The van der Waals surface area contributed by atoms with Gasteiger partial charge in [0.2, 0.25) is 0 Å². The molecule has 112 valence electrons. The van der Waals surface area contributed by atoms with Crippen LogP contribution >= 0.6 is 0 Å². The highest BCUT2D eigenvalue weighted by atomic mass is 16.1. The van der Waals surface area contributed by atoms with Crippen molar-refractivity contribution in [3.63, 3.8) is 0 Å². The Morgan fingerprint density at radius 1 is 1.00 bits per heavy atom. The number of hydrogen-bond donors (Lipinski definition) is 0. The van der Waals surface area contributed by atoms with Gasteiger partial charge in [-0.2, -0.15) is 0 Å². The minimum absolute atomic E-state index is 0.0273. The molecular formula is C19H30O. The maximum atomic E-state index is 12.7. The molecule has 1 nitrogen and oxygen atoms in total. The summed E-state index contributed by atoms with van der Waals surface area (Å²) in [5, 5.41) is 0. The fourth-order valence-corrected chi connectivity index (χ4v) is 2.41. The number of rotatable bonds is 6. The maximum Gasteiger partial charge on any atom is 0.145 e. The summed E-state index contributed by atoms with van der Waals surface area (Å²) in [6.45, 7) is 14.8. The number of hydrogen-bond acceptors (Lipinski definition) is 1. The molecule has 1 rings (SSSR count). The van der Waals surface area contributed by atoms with Gasteiger partial charge in [-0.25, -0.2) is 0 Å². The summed E-state index contributed by atoms with van der Waals surface area (Å²) in [7, 11) is 0. The topological polar surface area (TPSA) is 17.1 Å². The molecule has 0 heterocycles. The van der Waals surface area contributed by atoms with Crippen LogP contribution in [0, 0.1) is 17.3 Å². The summed E-state index contributed by atoms with van der Waals surface area (Å²) >= 11 is 0. The van der Waals surface area contributed by atoms with Crippen molar-refractivity contribution in [1.29, 1.82) is 0 Å². The molecule has 0 unspecified atom stereocenters. The smallest absolute Gasteiger partial charge is 0.145 e. The Morgan fingerprint density at radius 3 is 1.90 bits per heavy atom. The number of Topliss-reactive ketones (excluding diaryl/α,β-unsaturated/α-hetero) is 1. The molecule has 0 aliphatic heterocycles. The van der Waals surface area contributed by atoms with E-state index >= 15 is 0 Å². The fraction of sp³-hybridized carbons (Fsp3) is 0.632. The quantitative estimate of drug-likeness (QED) is 0.693. The molecule has 0 saturated heterocycles. The van der Waals surface area contributed by atoms with E-state index < -0.39 is 0 Å². The zero-order valence-electron chi connectivity index (χ0n) is 14.2. The van der Waals surface area contributed by atoms with Crippen molar-refractivity contribution in [2.24, 2.45) is 17.3 Å². The van der Waals surface area contributed by atoms with Crippen molar-refractivity contribution in [1.82, 2.24) is 0 Å². The van der Waals surface area contributed by atoms with E-state index in [1.54, 1.807) is 0 Å². The van der Waals surface area contributed by atoms with Crippen LogP contribution in [0.15, 0.2) is 24.3 Å². The summed E-state index contributed by atoms with van der Waals surface area (Å²) in [6, 6.07) is 8.58. The van der Waals surface area contributed by atoms with E-state index in [2.05, 4.69) is 65.8 Å². The Balaban J connectivity index is 2.87. The third-order valence-corrected chi connectivity index (χ3v) is 4.60. The van der Waals surface area contributed by atoms with Crippen molar-refractivity contribution in [3.8, 4) is 0 Å². The van der Waals surface area contributed by atoms with Gasteiger partial charge in [-0.3, -0.25) is 4.79 Å². The first-order valence-electron chi connectivity index (χ1n) is 7.79. The zero-order chi connectivity index (χ0) is 15.5. The third kappa shape index (κ3) is 3.94. The van der Waals surface area contributed by atoms with E-state index in [9.17, 15) is 4.79 Å². The summed E-state index contributed by atoms with van der Waals surface area (Å²) in [6.07, 6.45) is 1.10. The molecule has 0 bridgehead atoms. The van der Waals surface area contributed by atoms with E-state index in [0.717, 1.165) is 12.0 Å². The van der Waals surface area contributed by atoms with Crippen molar-refractivity contribution in [3.05, 3.63) is 35.4 Å². The number of benzene rings is 1. The van der Waals surface area contributed by atoms with Crippen molar-refractivity contribution >= 4 is 5.78 Å². The Bertz CT molecular complexity index is 437. The van der Waals surface area contributed by atoms with Crippen LogP contribution in [0.25, 0.3) is 0 Å². The molecule has 0 radical (unpaired) electrons. The van der Waals surface area contributed by atoms with Crippen LogP contribution in [-0.4, -0.2) is 5.78 Å². The van der Waals surface area contributed by atoms with E-state index in [0.29, 0.717) is 17.6 Å². The number of carbonyl (C=O) groups is 1. The van der Waals surface area contributed by atoms with Crippen molar-refractivity contribution in [2.75, 3.05) is 0 Å². The van der Waals surface area contributed by atoms with Gasteiger partial charge >= 0.3 is 0 Å². The SMILES string of the molecule is CC(C)Cc1ccc([C@H](C)C(=O)C(C)(C)C(C)C)cc1. The van der Waals surface area contributed by atoms with Gasteiger partial charge < -0.3 is 0 Å². The molecule has 1 aromatic carbocycles. The molecule has 0 fully saturated rings. The van der Waals surface area contributed by atoms with Crippen LogP contribution in [0.5, 0.6) is 0 Å². The Morgan fingerprint density at radius 2 is 1.50 bits per heavy atom. The predicted molar refractivity (Wildman–Crippen MR) is 87.0 cm³/mol. The molecule has 0 amide bonds. The molecule has 1 atom stereocenters. The Labute approximate surface area is 124 Å². The second-order valence-corrected chi connectivity index (χ2v) is 7.30. The van der Waals surface area contributed by atoms with E-state index in [-0.39, 0.29) is 11.3 Å². The molecule has 0 aliphatic carbocycles. The average Bonchev–Trinajstić information content (AvgIpc) is 2.37. The van der Waals surface area contributed by atoms with Crippen LogP contribution in [0.4, 0.5) is 0 Å². The zero-order valence-corrected chi connectivity index (χ0v) is 14.2. The molecule has 1 aromatic rings. The molecule has 0 aromatic heterocycles. The van der Waals surface area contributed by atoms with Crippen LogP contribution < -0.4 is 0 Å². The van der Waals surface area contributed by atoms with Gasteiger partial charge in [0.1, 0.15) is 5.78 Å². The average molecular weight is 274 g/mol. The highest BCUT2D eigenvalue weighted by molar-refractivity contribution is 5.90. The third-order valence-electron chi connectivity index (χ3n) is 4.60. The highest BCUT2D eigenvalue weighted by Crippen LogP contribution is 2.34. The van der Waals surface area contributed by atoms with Gasteiger partial charge in [0, 0.05) is 11.3 Å². The first kappa shape index (κ1) is 16.9. The minimum Gasteiger partial charge on any atom is -0.298 e. The maximum absolute atomic E-state index is 12.7. The predicted octanol–water partition coefficient (Wildman–Crippen LogP) is 5.24. The van der Waals surface area contributed by atoms with Gasteiger partial charge in [0.25, 0.3) is 0 Å². The molecule has 1 heteroatoms. The van der Waals surface area contributed by atoms with E-state index in [4.69, 9.17) is 0 Å². The van der Waals surface area contributed by atoms with Crippen LogP contribution in [0.3, 0.4) is 0 Å². The standard InChI is InChI=1S/C19H30O/c1-13(2)12-16-8-10-17(11-9-16)15(5)18(20)19(6,7)14(3)4/h8-11,13-15H,12H2,1-7H3/t15-/m0/s1. The summed E-state index contributed by atoms with van der Waals surface area (Å²) in [5.74, 6) is 1.34. The van der Waals surface area contributed by atoms with Gasteiger partial charge in [-0.05, 0) is 29.4 Å². The number of ketones is 1. The minimum atomic E-state index is -0.268. The normalized spacial score (nSPS) is 13.8. The molecule has 0 saturated carbocycles. The molecule has 0 aliphatic rings. The second kappa shape index (κ2) is 6.56. The van der Waals surface area contributed by atoms with Crippen LogP contribution in [0.2, 0.25) is 0 Å². The Hall–Kier alpha value is -1.11. The Kier molecular flexibility index (Phi) is 5.56. The van der Waals surface area contributed by atoms with Crippen molar-refractivity contribution in [2.45, 2.75) is 60.8 Å². The molecule has 0 N–H and O–H groups in total. The largest absolute Gasteiger partial charge is 0.298 e. The lowest BCUT2D eigenvalue weighted by Crippen LogP contribution is -2.33. The lowest BCUT2D eigenvalue weighted by molar-refractivity contribution is -0.130. The van der Waals surface area contributed by atoms with Gasteiger partial charge in [-0.1, -0.05) is 72.7 Å². The first-order valence-corrected chi connectivity index (χ1v) is 7.79. The lowest BCUT2D eigenvalue weighted by atomic mass is 9.72. The summed E-state index contributed by atoms with van der Waals surface area (Å²) in [5.41, 5.74) is 2.22. The summed E-state index contributed by atoms with van der Waals surface area (Å²) in [4.78, 5) is 12.7. The van der Waals surface area contributed by atoms with E-state index in [1.807, 2.05) is 6.92 Å². The molecule has 0 spiro atoms. The number of carbonyl (C=O) groups excluding carboxylic acids is 1. The second-order valence-electron chi connectivity index (χ2n) is 7.30. The monoisotopic (exact) mass is 274 g/mol. The lowest BCUT2D eigenvalue weighted by Gasteiger charge is -2.30. The van der Waals surface area contributed by atoms with Gasteiger partial charge in [-0.15, -0.1) is 0 Å². The fourth-order valence-electron chi connectivity index (χ4n) is 2.41. The molecular weight excluding hydrogens is 244 g/mol. The summed E-state index contributed by atoms with van der Waals surface area (Å²) < 4.78 is 0. The van der Waals surface area contributed by atoms with Crippen LogP contribution in [-0.2, 0) is 11.2 Å². The van der Waals surface area contributed by atoms with Crippen molar-refractivity contribution < 1.29 is 4.79 Å². The van der Waals surface area contributed by atoms with E-state index in [1.165, 1.54) is 5.56 Å². The highest BCUT2D eigenvalue weighted by Gasteiger charge is 2.34. The van der Waals surface area contributed by atoms with Gasteiger partial charge in [0.05, 0.1) is 0 Å². The molecule has 20 heavy (non-hydrogen) atoms.